The molecule has 1 heterocycles. The fourth-order valence-electron chi connectivity index (χ4n) is 3.26. The van der Waals surface area contributed by atoms with Gasteiger partial charge < -0.3 is 19.9 Å². The van der Waals surface area contributed by atoms with Crippen molar-refractivity contribution >= 4 is 5.96 Å². The Kier molecular flexibility index (Phi) is 7.50. The predicted octanol–water partition coefficient (Wildman–Crippen LogP) is 2.57. The molecular formula is C19H31FN4O. The van der Waals surface area contributed by atoms with Gasteiger partial charge in [0.1, 0.15) is 0 Å². The highest BCUT2D eigenvalue weighted by Gasteiger charge is 2.17. The van der Waals surface area contributed by atoms with Crippen molar-refractivity contribution < 1.29 is 9.13 Å². The molecule has 1 aliphatic heterocycles. The second-order valence-electron chi connectivity index (χ2n) is 6.79. The molecule has 1 aliphatic rings. The van der Waals surface area contributed by atoms with Gasteiger partial charge in [-0.05, 0) is 57.0 Å². The van der Waals surface area contributed by atoms with Crippen LogP contribution in [-0.4, -0.2) is 63.1 Å². The minimum Gasteiger partial charge on any atom is -0.494 e. The van der Waals surface area contributed by atoms with Crippen LogP contribution in [0.25, 0.3) is 0 Å². The van der Waals surface area contributed by atoms with Gasteiger partial charge in [0, 0.05) is 33.2 Å². The smallest absolute Gasteiger partial charge is 0.193 e. The average Bonchev–Trinajstić information content (AvgIpc) is 2.58. The van der Waals surface area contributed by atoms with Crippen LogP contribution in [0.4, 0.5) is 4.39 Å². The van der Waals surface area contributed by atoms with Crippen LogP contribution in [0.5, 0.6) is 5.75 Å². The molecule has 1 unspecified atom stereocenters. The summed E-state index contributed by atoms with van der Waals surface area (Å²) in [4.78, 5) is 9.22. The van der Waals surface area contributed by atoms with E-state index in [4.69, 9.17) is 9.73 Å². The monoisotopic (exact) mass is 350 g/mol. The highest BCUT2D eigenvalue weighted by molar-refractivity contribution is 5.79. The van der Waals surface area contributed by atoms with Crippen LogP contribution in [0.15, 0.2) is 23.2 Å². The number of nitrogens with one attached hydrogen (secondary N) is 1. The maximum atomic E-state index is 13.9. The van der Waals surface area contributed by atoms with Crippen LogP contribution >= 0.6 is 0 Å². The fourth-order valence-corrected chi connectivity index (χ4v) is 3.26. The van der Waals surface area contributed by atoms with E-state index in [9.17, 15) is 4.39 Å². The Balaban J connectivity index is 2.00. The summed E-state index contributed by atoms with van der Waals surface area (Å²) in [6, 6.07) is 5.08. The fraction of sp³-hybridized carbons (Fsp3) is 0.632. The van der Waals surface area contributed by atoms with Gasteiger partial charge in [0.05, 0.1) is 7.11 Å². The lowest BCUT2D eigenvalue weighted by atomic mass is 9.99. The first-order valence-electron chi connectivity index (χ1n) is 9.03. The number of halogens is 1. The lowest BCUT2D eigenvalue weighted by Crippen LogP contribution is -2.39. The Morgan fingerprint density at radius 1 is 1.48 bits per heavy atom. The molecule has 2 rings (SSSR count). The lowest BCUT2D eigenvalue weighted by molar-refractivity contribution is 0.214. The van der Waals surface area contributed by atoms with Crippen molar-refractivity contribution in [3.63, 3.8) is 0 Å². The molecular weight excluding hydrogens is 319 g/mol. The first kappa shape index (κ1) is 19.5. The third kappa shape index (κ3) is 5.88. The van der Waals surface area contributed by atoms with E-state index in [1.807, 2.05) is 18.0 Å². The minimum atomic E-state index is -0.333. The number of nitrogens with zero attached hydrogens (tertiary/aromatic N) is 3. The van der Waals surface area contributed by atoms with Crippen molar-refractivity contribution in [3.8, 4) is 5.75 Å². The number of ether oxygens (including phenoxy) is 1. The molecule has 1 fully saturated rings. The predicted molar refractivity (Wildman–Crippen MR) is 101 cm³/mol. The third-order valence-electron chi connectivity index (χ3n) is 4.55. The maximum Gasteiger partial charge on any atom is 0.193 e. The molecule has 0 bridgehead atoms. The molecule has 1 atom stereocenters. The van der Waals surface area contributed by atoms with E-state index in [2.05, 4.69) is 24.2 Å². The van der Waals surface area contributed by atoms with Crippen LogP contribution < -0.4 is 10.1 Å². The summed E-state index contributed by atoms with van der Waals surface area (Å²) in [6.07, 6.45) is 2.48. The Morgan fingerprint density at radius 3 is 2.92 bits per heavy atom. The maximum absolute atomic E-state index is 13.9. The molecule has 140 valence electrons. The van der Waals surface area contributed by atoms with E-state index < -0.39 is 0 Å². The van der Waals surface area contributed by atoms with Crippen LogP contribution in [0.2, 0.25) is 0 Å². The Hall–Kier alpha value is -1.82. The number of methoxy groups -OCH3 is 1. The van der Waals surface area contributed by atoms with Crippen molar-refractivity contribution in [1.29, 1.82) is 0 Å². The summed E-state index contributed by atoms with van der Waals surface area (Å²) in [7, 11) is 5.63. The molecule has 0 radical (unpaired) electrons. The average molecular weight is 350 g/mol. The summed E-state index contributed by atoms with van der Waals surface area (Å²) in [5.41, 5.74) is 0.892. The third-order valence-corrected chi connectivity index (χ3v) is 4.55. The van der Waals surface area contributed by atoms with Crippen LogP contribution in [0, 0.1) is 11.7 Å². The van der Waals surface area contributed by atoms with E-state index in [1.165, 1.54) is 32.6 Å². The zero-order valence-corrected chi connectivity index (χ0v) is 15.9. The molecule has 1 aromatic rings. The molecule has 1 aromatic carbocycles. The summed E-state index contributed by atoms with van der Waals surface area (Å²) in [5.74, 6) is 1.42. The standard InChI is InChI=1S/C19H31FN4O/c1-5-21-19(22-12-16-7-6-10-23(2)13-16)24(3)14-15-8-9-18(25-4)17(20)11-15/h8-9,11,16H,5-7,10,12-14H2,1-4H3,(H,21,22). The quantitative estimate of drug-likeness (QED) is 0.632. The van der Waals surface area contributed by atoms with Gasteiger partial charge >= 0.3 is 0 Å². The number of likely N-dealkylation sites (tertiary alicyclic amines) is 1. The number of hydrogen-bond acceptors (Lipinski definition) is 3. The Morgan fingerprint density at radius 2 is 2.28 bits per heavy atom. The van der Waals surface area contributed by atoms with E-state index in [0.29, 0.717) is 12.5 Å². The molecule has 0 aromatic heterocycles. The summed E-state index contributed by atoms with van der Waals surface area (Å²) >= 11 is 0. The molecule has 25 heavy (non-hydrogen) atoms. The number of rotatable bonds is 6. The van der Waals surface area contributed by atoms with Crippen molar-refractivity contribution in [1.82, 2.24) is 15.1 Å². The lowest BCUT2D eigenvalue weighted by Gasteiger charge is -2.29. The normalized spacial score (nSPS) is 18.9. The highest BCUT2D eigenvalue weighted by Crippen LogP contribution is 2.19. The van der Waals surface area contributed by atoms with Crippen molar-refractivity contribution in [2.24, 2.45) is 10.9 Å². The first-order chi connectivity index (χ1) is 12.0. The molecule has 1 saturated heterocycles. The largest absolute Gasteiger partial charge is 0.494 e. The van der Waals surface area contributed by atoms with E-state index in [0.717, 1.165) is 31.2 Å². The van der Waals surface area contributed by atoms with Crippen LogP contribution in [-0.2, 0) is 6.54 Å². The molecule has 5 nitrogen and oxygen atoms in total. The van der Waals surface area contributed by atoms with Gasteiger partial charge in [0.25, 0.3) is 0 Å². The van der Waals surface area contributed by atoms with Gasteiger partial charge in [0.15, 0.2) is 17.5 Å². The minimum absolute atomic E-state index is 0.272. The number of piperidine rings is 1. The van der Waals surface area contributed by atoms with Gasteiger partial charge in [-0.25, -0.2) is 4.39 Å². The number of benzene rings is 1. The van der Waals surface area contributed by atoms with E-state index in [-0.39, 0.29) is 11.6 Å². The zero-order valence-electron chi connectivity index (χ0n) is 15.9. The second-order valence-corrected chi connectivity index (χ2v) is 6.79. The Bertz CT molecular complexity index is 579. The van der Waals surface area contributed by atoms with Gasteiger partial charge in [-0.2, -0.15) is 0 Å². The summed E-state index contributed by atoms with van der Waals surface area (Å²) < 4.78 is 18.9. The van der Waals surface area contributed by atoms with Gasteiger partial charge in [0.2, 0.25) is 0 Å². The van der Waals surface area contributed by atoms with Crippen LogP contribution in [0.1, 0.15) is 25.3 Å². The molecule has 0 saturated carbocycles. The van der Waals surface area contributed by atoms with E-state index in [1.54, 1.807) is 6.07 Å². The molecule has 6 heteroatoms. The van der Waals surface area contributed by atoms with Crippen molar-refractivity contribution in [2.75, 3.05) is 47.4 Å². The van der Waals surface area contributed by atoms with Gasteiger partial charge in [-0.3, -0.25) is 4.99 Å². The SMILES string of the molecule is CCNC(=NCC1CCCN(C)C1)N(C)Cc1ccc(OC)c(F)c1. The van der Waals surface area contributed by atoms with Gasteiger partial charge in [-0.15, -0.1) is 0 Å². The summed E-state index contributed by atoms with van der Waals surface area (Å²) in [6.45, 7) is 6.58. The van der Waals surface area contributed by atoms with Crippen LogP contribution in [0.3, 0.4) is 0 Å². The second kappa shape index (κ2) is 9.61. The van der Waals surface area contributed by atoms with Crippen molar-refractivity contribution in [2.45, 2.75) is 26.3 Å². The molecule has 0 amide bonds. The van der Waals surface area contributed by atoms with Crippen molar-refractivity contribution in [3.05, 3.63) is 29.6 Å². The summed E-state index contributed by atoms with van der Waals surface area (Å²) in [5, 5.41) is 3.33. The molecule has 0 aliphatic carbocycles. The zero-order chi connectivity index (χ0) is 18.2. The highest BCUT2D eigenvalue weighted by atomic mass is 19.1. The first-order valence-corrected chi connectivity index (χ1v) is 9.03. The number of aliphatic imine (C=N–C) groups is 1. The van der Waals surface area contributed by atoms with E-state index >= 15 is 0 Å². The topological polar surface area (TPSA) is 40.1 Å². The molecule has 0 spiro atoms. The number of guanidine groups is 1. The Labute approximate surface area is 150 Å². The van der Waals surface area contributed by atoms with Gasteiger partial charge in [-0.1, -0.05) is 6.07 Å². The number of hydrogen-bond donors (Lipinski definition) is 1. The molecule has 1 N–H and O–H groups in total.